The van der Waals surface area contributed by atoms with E-state index >= 15 is 0 Å². The molecule has 0 atom stereocenters. The summed E-state index contributed by atoms with van der Waals surface area (Å²) >= 11 is 9.68. The summed E-state index contributed by atoms with van der Waals surface area (Å²) in [5.41, 5.74) is 1.52. The quantitative estimate of drug-likeness (QED) is 0.352. The Bertz CT molecular complexity index is 963. The van der Waals surface area contributed by atoms with Crippen LogP contribution in [0.25, 0.3) is 5.57 Å². The van der Waals surface area contributed by atoms with Gasteiger partial charge in [-0.2, -0.15) is 0 Å². The zero-order valence-electron chi connectivity index (χ0n) is 15.2. The Morgan fingerprint density at radius 3 is 2.83 bits per heavy atom. The fourth-order valence-electron chi connectivity index (χ4n) is 2.79. The highest BCUT2D eigenvalue weighted by Gasteiger charge is 2.39. The molecular formula is C18H16BrN3O5S2. The molecule has 11 heteroatoms. The smallest absolute Gasteiger partial charge is 0.325 e. The van der Waals surface area contributed by atoms with Crippen LogP contribution in [0.3, 0.4) is 0 Å². The van der Waals surface area contributed by atoms with Crippen LogP contribution in [0.4, 0.5) is 5.69 Å². The van der Waals surface area contributed by atoms with Gasteiger partial charge in [-0.25, -0.2) is 0 Å². The van der Waals surface area contributed by atoms with Gasteiger partial charge in [0.15, 0.2) is 0 Å². The number of hydrogen-bond donors (Lipinski definition) is 2. The standard InChI is InChI=1S/C18H16BrN3O5S2/c1-2-27-13(24)8-20-12(23)5-6-22-17(26)15(29-18(22)28)14-10-7-9(19)3-4-11(10)21-16(14)25/h3-4,7H,2,5-6,8H2,1H3,(H,20,23)(H,21,25)/b15-14-. The summed E-state index contributed by atoms with van der Waals surface area (Å²) in [6.07, 6.45) is -0.0389. The van der Waals surface area contributed by atoms with E-state index in [9.17, 15) is 19.2 Å². The lowest BCUT2D eigenvalue weighted by molar-refractivity contribution is -0.143. The van der Waals surface area contributed by atoms with E-state index in [0.717, 1.165) is 16.2 Å². The van der Waals surface area contributed by atoms with E-state index < -0.39 is 17.8 Å². The predicted octanol–water partition coefficient (Wildman–Crippen LogP) is 2.04. The molecule has 0 spiro atoms. The van der Waals surface area contributed by atoms with Gasteiger partial charge in [-0.3, -0.25) is 24.1 Å². The average molecular weight is 498 g/mol. The number of carbonyl (C=O) groups excluding carboxylic acids is 4. The summed E-state index contributed by atoms with van der Waals surface area (Å²) in [6, 6.07) is 5.30. The van der Waals surface area contributed by atoms with Gasteiger partial charge >= 0.3 is 5.97 Å². The Labute approximate surface area is 184 Å². The minimum Gasteiger partial charge on any atom is -0.465 e. The first-order valence-electron chi connectivity index (χ1n) is 8.63. The molecule has 2 heterocycles. The lowest BCUT2D eigenvalue weighted by atomic mass is 10.1. The molecule has 0 unspecified atom stereocenters. The summed E-state index contributed by atoms with van der Waals surface area (Å²) in [5.74, 6) is -1.73. The second kappa shape index (κ2) is 9.06. The average Bonchev–Trinajstić information content (AvgIpc) is 3.13. The highest BCUT2D eigenvalue weighted by Crippen LogP contribution is 2.42. The monoisotopic (exact) mass is 497 g/mol. The van der Waals surface area contributed by atoms with E-state index in [1.54, 1.807) is 25.1 Å². The summed E-state index contributed by atoms with van der Waals surface area (Å²) in [5, 5.41) is 5.17. The van der Waals surface area contributed by atoms with Gasteiger partial charge in [0.2, 0.25) is 5.91 Å². The van der Waals surface area contributed by atoms with Crippen LogP contribution in [0.15, 0.2) is 27.6 Å². The highest BCUT2D eigenvalue weighted by atomic mass is 79.9. The van der Waals surface area contributed by atoms with Crippen LogP contribution in [0, 0.1) is 0 Å². The summed E-state index contributed by atoms with van der Waals surface area (Å²) in [7, 11) is 0. The highest BCUT2D eigenvalue weighted by molar-refractivity contribution is 9.10. The van der Waals surface area contributed by atoms with Gasteiger partial charge in [0.25, 0.3) is 11.8 Å². The number of nitrogens with zero attached hydrogens (tertiary/aromatic N) is 1. The minimum atomic E-state index is -0.534. The number of hydrogen-bond acceptors (Lipinski definition) is 7. The largest absolute Gasteiger partial charge is 0.465 e. The third-order valence-corrected chi connectivity index (χ3v) is 6.04. The third-order valence-electron chi connectivity index (χ3n) is 4.10. The Morgan fingerprint density at radius 1 is 1.34 bits per heavy atom. The molecule has 3 amide bonds. The summed E-state index contributed by atoms with van der Waals surface area (Å²) in [6.45, 7) is 1.71. The summed E-state index contributed by atoms with van der Waals surface area (Å²) < 4.78 is 5.78. The zero-order chi connectivity index (χ0) is 21.1. The maximum atomic E-state index is 12.9. The number of thiocarbonyl (C=S) groups is 1. The molecule has 0 aliphatic carbocycles. The Hall–Kier alpha value is -2.24. The van der Waals surface area contributed by atoms with Crippen molar-refractivity contribution in [1.29, 1.82) is 0 Å². The van der Waals surface area contributed by atoms with Crippen LogP contribution < -0.4 is 10.6 Å². The van der Waals surface area contributed by atoms with Crippen molar-refractivity contribution in [3.05, 3.63) is 33.1 Å². The van der Waals surface area contributed by atoms with Gasteiger partial charge in [0.05, 0.1) is 17.1 Å². The van der Waals surface area contributed by atoms with E-state index in [1.807, 2.05) is 0 Å². The number of ether oxygens (including phenoxy) is 1. The van der Waals surface area contributed by atoms with E-state index in [4.69, 9.17) is 17.0 Å². The van der Waals surface area contributed by atoms with Crippen molar-refractivity contribution < 1.29 is 23.9 Å². The molecule has 3 rings (SSSR count). The molecule has 0 aromatic heterocycles. The van der Waals surface area contributed by atoms with E-state index in [1.165, 1.54) is 4.90 Å². The molecule has 2 aliphatic heterocycles. The fourth-order valence-corrected chi connectivity index (χ4v) is 4.54. The van der Waals surface area contributed by atoms with Gasteiger partial charge in [0.1, 0.15) is 10.9 Å². The third kappa shape index (κ3) is 4.68. The number of halogens is 1. The molecule has 29 heavy (non-hydrogen) atoms. The number of fused-ring (bicyclic) bond motifs is 1. The number of esters is 1. The molecule has 2 aliphatic rings. The molecule has 0 bridgehead atoms. The maximum Gasteiger partial charge on any atom is 0.325 e. The first-order chi connectivity index (χ1) is 13.8. The first kappa shape index (κ1) is 21.5. The minimum absolute atomic E-state index is 0.0389. The van der Waals surface area contributed by atoms with E-state index in [-0.39, 0.29) is 46.8 Å². The van der Waals surface area contributed by atoms with Crippen LogP contribution in [-0.4, -0.2) is 52.6 Å². The number of amides is 3. The van der Waals surface area contributed by atoms with Gasteiger partial charge in [0, 0.05) is 28.7 Å². The molecule has 1 saturated heterocycles. The van der Waals surface area contributed by atoms with Crippen LogP contribution in [0.5, 0.6) is 0 Å². The molecular weight excluding hydrogens is 482 g/mol. The van der Waals surface area contributed by atoms with Crippen molar-refractivity contribution in [3.8, 4) is 0 Å². The van der Waals surface area contributed by atoms with Crippen molar-refractivity contribution in [2.45, 2.75) is 13.3 Å². The second-order valence-corrected chi connectivity index (χ2v) is 8.56. The molecule has 8 nitrogen and oxygen atoms in total. The van der Waals surface area contributed by atoms with Crippen molar-refractivity contribution >= 4 is 79.2 Å². The zero-order valence-corrected chi connectivity index (χ0v) is 18.5. The lowest BCUT2D eigenvalue weighted by Gasteiger charge is -2.14. The molecule has 0 radical (unpaired) electrons. The number of thioether (sulfide) groups is 1. The van der Waals surface area contributed by atoms with Crippen molar-refractivity contribution in [3.63, 3.8) is 0 Å². The van der Waals surface area contributed by atoms with Crippen molar-refractivity contribution in [2.24, 2.45) is 0 Å². The topological polar surface area (TPSA) is 105 Å². The molecule has 1 aromatic carbocycles. The Kier molecular flexibility index (Phi) is 6.70. The number of carbonyl (C=O) groups is 4. The van der Waals surface area contributed by atoms with Gasteiger partial charge in [-0.05, 0) is 25.1 Å². The molecule has 0 saturated carbocycles. The van der Waals surface area contributed by atoms with Crippen LogP contribution in [0.2, 0.25) is 0 Å². The van der Waals surface area contributed by atoms with Crippen LogP contribution >= 0.6 is 39.9 Å². The fraction of sp³-hybridized carbons (Fsp3) is 0.278. The molecule has 152 valence electrons. The Balaban J connectivity index is 1.70. The Morgan fingerprint density at radius 2 is 2.10 bits per heavy atom. The predicted molar refractivity (Wildman–Crippen MR) is 116 cm³/mol. The molecule has 2 N–H and O–H groups in total. The lowest BCUT2D eigenvalue weighted by Crippen LogP contribution is -2.35. The second-order valence-electron chi connectivity index (χ2n) is 6.00. The van der Waals surface area contributed by atoms with Gasteiger partial charge in [-0.1, -0.05) is 39.9 Å². The number of rotatable bonds is 6. The van der Waals surface area contributed by atoms with E-state index in [2.05, 4.69) is 26.6 Å². The van der Waals surface area contributed by atoms with E-state index in [0.29, 0.717) is 11.3 Å². The first-order valence-corrected chi connectivity index (χ1v) is 10.6. The molecule has 1 fully saturated rings. The molecule has 1 aromatic rings. The van der Waals surface area contributed by atoms with Crippen molar-refractivity contribution in [2.75, 3.05) is 25.0 Å². The normalized spacial score (nSPS) is 18.0. The number of anilines is 1. The van der Waals surface area contributed by atoms with Crippen LogP contribution in [0.1, 0.15) is 18.9 Å². The SMILES string of the molecule is CCOC(=O)CNC(=O)CCN1C(=O)/C(=C2/C(=O)Nc3ccc(Br)cc32)SC1=S. The number of nitrogens with one attached hydrogen (secondary N) is 2. The summed E-state index contributed by atoms with van der Waals surface area (Å²) in [4.78, 5) is 50.0. The maximum absolute atomic E-state index is 12.9. The van der Waals surface area contributed by atoms with Crippen LogP contribution in [-0.2, 0) is 23.9 Å². The van der Waals surface area contributed by atoms with Gasteiger partial charge < -0.3 is 15.4 Å². The van der Waals surface area contributed by atoms with Gasteiger partial charge in [-0.15, -0.1) is 0 Å². The van der Waals surface area contributed by atoms with Crippen molar-refractivity contribution in [1.82, 2.24) is 10.2 Å². The number of benzene rings is 1.